The molecule has 6 rings (SSSR count). The summed E-state index contributed by atoms with van der Waals surface area (Å²) < 4.78 is 2.78. The predicted molar refractivity (Wildman–Crippen MR) is 92.7 cm³/mol. The topological polar surface area (TPSA) is 62.5 Å². The zero-order chi connectivity index (χ0) is 16.1. The van der Waals surface area contributed by atoms with Crippen LogP contribution in [-0.4, -0.2) is 54.9 Å². The number of pyridine rings is 1. The van der Waals surface area contributed by atoms with Crippen LogP contribution in [0.3, 0.4) is 0 Å². The van der Waals surface area contributed by atoms with Crippen LogP contribution in [0.25, 0.3) is 5.65 Å². The lowest BCUT2D eigenvalue weighted by molar-refractivity contribution is -0.00883. The Balaban J connectivity index is 1.31. The van der Waals surface area contributed by atoms with Gasteiger partial charge in [0.1, 0.15) is 12.1 Å². The summed E-state index contributed by atoms with van der Waals surface area (Å²) in [4.78, 5) is 9.22. The molecule has 6 heterocycles. The molecule has 2 atom stereocenters. The van der Waals surface area contributed by atoms with E-state index in [0.717, 1.165) is 35.6 Å². The van der Waals surface area contributed by atoms with Gasteiger partial charge in [0.25, 0.3) is 0 Å². The Morgan fingerprint density at radius 3 is 2.88 bits per heavy atom. The van der Waals surface area contributed by atoms with Crippen molar-refractivity contribution in [2.75, 3.05) is 18.0 Å². The lowest BCUT2D eigenvalue weighted by atomic mass is 9.87. The first kappa shape index (κ1) is 14.3. The van der Waals surface area contributed by atoms with Crippen LogP contribution >= 0.6 is 15.9 Å². The Morgan fingerprint density at radius 1 is 1.17 bits per heavy atom. The van der Waals surface area contributed by atoms with Crippen LogP contribution in [-0.2, 0) is 6.54 Å². The van der Waals surface area contributed by atoms with Gasteiger partial charge >= 0.3 is 0 Å². The highest BCUT2D eigenvalue weighted by molar-refractivity contribution is 9.10. The van der Waals surface area contributed by atoms with Crippen molar-refractivity contribution in [3.63, 3.8) is 0 Å². The lowest BCUT2D eigenvalue weighted by Gasteiger charge is -2.56. The van der Waals surface area contributed by atoms with Gasteiger partial charge in [-0.2, -0.15) is 4.52 Å². The molecular formula is C16H16BrN7. The summed E-state index contributed by atoms with van der Waals surface area (Å²) in [7, 11) is 0. The standard InChI is InChI=1S/C16H16BrN7/c17-12-3-11(5-18-6-12)7-23-13-4-14(23)9-22(8-13)16-2-1-15-20-19-10-24(15)21-16/h1-3,5-6,10,13-14H,4,7-9H2. The van der Waals surface area contributed by atoms with Crippen LogP contribution < -0.4 is 4.90 Å². The van der Waals surface area contributed by atoms with Crippen LogP contribution in [0.2, 0.25) is 0 Å². The van der Waals surface area contributed by atoms with Crippen molar-refractivity contribution in [3.05, 3.63) is 47.0 Å². The number of piperazine rings is 1. The van der Waals surface area contributed by atoms with Gasteiger partial charge in [-0.3, -0.25) is 9.88 Å². The number of piperidine rings is 1. The van der Waals surface area contributed by atoms with E-state index in [1.54, 1.807) is 10.8 Å². The molecule has 3 saturated heterocycles. The highest BCUT2D eigenvalue weighted by atomic mass is 79.9. The first-order valence-electron chi connectivity index (χ1n) is 8.03. The normalized spacial score (nSPS) is 23.5. The van der Waals surface area contributed by atoms with E-state index in [0.29, 0.717) is 12.1 Å². The van der Waals surface area contributed by atoms with Gasteiger partial charge in [0.15, 0.2) is 5.65 Å². The largest absolute Gasteiger partial charge is 0.352 e. The molecule has 2 unspecified atom stereocenters. The summed E-state index contributed by atoms with van der Waals surface area (Å²) in [5, 5.41) is 12.5. The minimum absolute atomic E-state index is 0.584. The van der Waals surface area contributed by atoms with Gasteiger partial charge in [0.05, 0.1) is 0 Å². The summed E-state index contributed by atoms with van der Waals surface area (Å²) >= 11 is 3.50. The molecule has 0 radical (unpaired) electrons. The molecule has 0 saturated carbocycles. The van der Waals surface area contributed by atoms with Gasteiger partial charge in [0.2, 0.25) is 0 Å². The molecule has 3 aliphatic heterocycles. The van der Waals surface area contributed by atoms with Gasteiger partial charge in [-0.05, 0) is 46.1 Å². The average molecular weight is 386 g/mol. The number of hydrogen-bond acceptors (Lipinski definition) is 6. The van der Waals surface area contributed by atoms with Gasteiger partial charge in [-0.1, -0.05) is 0 Å². The Hall–Kier alpha value is -2.06. The van der Waals surface area contributed by atoms with E-state index in [1.165, 1.54) is 12.0 Å². The van der Waals surface area contributed by atoms with Crippen molar-refractivity contribution >= 4 is 27.4 Å². The predicted octanol–water partition coefficient (Wildman–Crippen LogP) is 1.74. The van der Waals surface area contributed by atoms with E-state index < -0.39 is 0 Å². The van der Waals surface area contributed by atoms with Crippen molar-refractivity contribution in [2.24, 2.45) is 0 Å². The first-order chi connectivity index (χ1) is 11.8. The van der Waals surface area contributed by atoms with Crippen molar-refractivity contribution in [2.45, 2.75) is 25.0 Å². The Labute approximate surface area is 147 Å². The van der Waals surface area contributed by atoms with Gasteiger partial charge in [-0.15, -0.1) is 15.3 Å². The fraction of sp³-hybridized carbons (Fsp3) is 0.375. The second-order valence-electron chi connectivity index (χ2n) is 6.46. The van der Waals surface area contributed by atoms with Crippen LogP contribution in [0.4, 0.5) is 5.82 Å². The maximum absolute atomic E-state index is 4.62. The minimum atomic E-state index is 0.584. The smallest absolute Gasteiger partial charge is 0.177 e. The van der Waals surface area contributed by atoms with Gasteiger partial charge < -0.3 is 4.90 Å². The molecule has 0 aromatic carbocycles. The van der Waals surface area contributed by atoms with E-state index in [2.05, 4.69) is 52.1 Å². The monoisotopic (exact) mass is 385 g/mol. The maximum Gasteiger partial charge on any atom is 0.177 e. The highest BCUT2D eigenvalue weighted by Gasteiger charge is 2.44. The van der Waals surface area contributed by atoms with E-state index >= 15 is 0 Å². The Kier molecular flexibility index (Phi) is 3.27. The summed E-state index contributed by atoms with van der Waals surface area (Å²) in [6.45, 7) is 2.99. The summed E-state index contributed by atoms with van der Waals surface area (Å²) in [5.74, 6) is 1.00. The number of hydrogen-bond donors (Lipinski definition) is 0. The van der Waals surface area contributed by atoms with Crippen molar-refractivity contribution in [1.82, 2.24) is 29.7 Å². The zero-order valence-corrected chi connectivity index (χ0v) is 14.5. The second-order valence-corrected chi connectivity index (χ2v) is 7.37. The molecule has 3 aliphatic rings. The molecule has 8 heteroatoms. The van der Waals surface area contributed by atoms with Gasteiger partial charge in [0, 0.05) is 48.6 Å². The Bertz CT molecular complexity index is 883. The SMILES string of the molecule is Brc1cncc(CN2C3CC2CN(c2ccc4nncn4n2)C3)c1. The van der Waals surface area contributed by atoms with Crippen molar-refractivity contribution in [3.8, 4) is 0 Å². The molecular weight excluding hydrogens is 370 g/mol. The van der Waals surface area contributed by atoms with E-state index in [4.69, 9.17) is 0 Å². The molecule has 3 fully saturated rings. The molecule has 0 amide bonds. The number of anilines is 1. The number of nitrogens with zero attached hydrogens (tertiary/aromatic N) is 7. The summed E-state index contributed by atoms with van der Waals surface area (Å²) in [6.07, 6.45) is 6.70. The summed E-state index contributed by atoms with van der Waals surface area (Å²) in [6, 6.07) is 7.33. The third-order valence-electron chi connectivity index (χ3n) is 4.94. The second kappa shape index (κ2) is 5.49. The molecule has 122 valence electrons. The number of rotatable bonds is 3. The number of fused-ring (bicyclic) bond motifs is 3. The van der Waals surface area contributed by atoms with E-state index in [1.807, 2.05) is 24.5 Å². The van der Waals surface area contributed by atoms with Crippen LogP contribution in [0.5, 0.6) is 0 Å². The molecule has 24 heavy (non-hydrogen) atoms. The van der Waals surface area contributed by atoms with Crippen LogP contribution in [0.1, 0.15) is 12.0 Å². The summed E-state index contributed by atoms with van der Waals surface area (Å²) in [5.41, 5.74) is 2.04. The fourth-order valence-electron chi connectivity index (χ4n) is 3.77. The molecule has 0 aliphatic carbocycles. The number of aromatic nitrogens is 5. The molecule has 2 bridgehead atoms. The zero-order valence-electron chi connectivity index (χ0n) is 13.0. The quantitative estimate of drug-likeness (QED) is 0.684. The molecule has 0 N–H and O–H groups in total. The first-order valence-corrected chi connectivity index (χ1v) is 8.83. The van der Waals surface area contributed by atoms with Crippen molar-refractivity contribution in [1.29, 1.82) is 0 Å². The lowest BCUT2D eigenvalue weighted by Crippen LogP contribution is -2.68. The minimum Gasteiger partial charge on any atom is -0.352 e. The molecule has 3 aromatic heterocycles. The molecule has 7 nitrogen and oxygen atoms in total. The van der Waals surface area contributed by atoms with Crippen LogP contribution in [0, 0.1) is 0 Å². The third-order valence-corrected chi connectivity index (χ3v) is 5.38. The molecule has 3 aromatic rings. The molecule has 0 spiro atoms. The van der Waals surface area contributed by atoms with Crippen molar-refractivity contribution < 1.29 is 0 Å². The van der Waals surface area contributed by atoms with Crippen LogP contribution in [0.15, 0.2) is 41.4 Å². The Morgan fingerprint density at radius 2 is 2.04 bits per heavy atom. The maximum atomic E-state index is 4.62. The average Bonchev–Trinajstić information content (AvgIpc) is 3.07. The number of halogens is 1. The van der Waals surface area contributed by atoms with E-state index in [9.17, 15) is 0 Å². The highest BCUT2D eigenvalue weighted by Crippen LogP contribution is 2.35. The third kappa shape index (κ3) is 2.37. The van der Waals surface area contributed by atoms with Gasteiger partial charge in [-0.25, -0.2) is 0 Å². The van der Waals surface area contributed by atoms with E-state index in [-0.39, 0.29) is 0 Å². The fourth-order valence-corrected chi connectivity index (χ4v) is 4.18.